The number of rotatable bonds is 3. The van der Waals surface area contributed by atoms with Gasteiger partial charge >= 0.3 is 0 Å². The number of halogens is 1. The summed E-state index contributed by atoms with van der Waals surface area (Å²) in [4.78, 5) is 11.6. The zero-order chi connectivity index (χ0) is 11.5. The normalized spacial score (nSPS) is 10.3. The number of amides is 1. The molecule has 0 aliphatic rings. The maximum absolute atomic E-state index is 13.0. The molecule has 16 heavy (non-hydrogen) atoms. The van der Waals surface area contributed by atoms with Crippen LogP contribution < -0.4 is 5.32 Å². The van der Waals surface area contributed by atoms with Gasteiger partial charge in [-0.25, -0.2) is 4.39 Å². The summed E-state index contributed by atoms with van der Waals surface area (Å²) in [6.45, 7) is 3.84. The molecule has 0 radical (unpaired) electrons. The van der Waals surface area contributed by atoms with Crippen molar-refractivity contribution in [3.8, 4) is 0 Å². The third kappa shape index (κ3) is 1.79. The van der Waals surface area contributed by atoms with Crippen LogP contribution in [-0.4, -0.2) is 22.6 Å². The SMILES string of the molecule is C=CCNC(=O)c1n[nH]c2ccc(F)cc12. The Morgan fingerprint density at radius 1 is 1.62 bits per heavy atom. The van der Waals surface area contributed by atoms with Gasteiger partial charge in [0.1, 0.15) is 5.82 Å². The van der Waals surface area contributed by atoms with E-state index in [1.807, 2.05) is 0 Å². The molecule has 0 bridgehead atoms. The van der Waals surface area contributed by atoms with E-state index in [4.69, 9.17) is 0 Å². The summed E-state index contributed by atoms with van der Waals surface area (Å²) < 4.78 is 13.0. The number of carbonyl (C=O) groups is 1. The van der Waals surface area contributed by atoms with E-state index < -0.39 is 5.82 Å². The second-order valence-electron chi connectivity index (χ2n) is 3.26. The van der Waals surface area contributed by atoms with Crippen molar-refractivity contribution in [3.05, 3.63) is 42.4 Å². The van der Waals surface area contributed by atoms with Crippen molar-refractivity contribution in [2.24, 2.45) is 0 Å². The van der Waals surface area contributed by atoms with Crippen molar-refractivity contribution in [2.75, 3.05) is 6.54 Å². The maximum atomic E-state index is 13.0. The predicted octanol–water partition coefficient (Wildman–Crippen LogP) is 1.62. The minimum absolute atomic E-state index is 0.191. The van der Waals surface area contributed by atoms with Gasteiger partial charge in [-0.05, 0) is 18.2 Å². The molecule has 5 heteroatoms. The smallest absolute Gasteiger partial charge is 0.272 e. The quantitative estimate of drug-likeness (QED) is 0.770. The number of hydrogen-bond acceptors (Lipinski definition) is 2. The number of nitrogens with zero attached hydrogens (tertiary/aromatic N) is 1. The standard InChI is InChI=1S/C11H10FN3O/c1-2-5-13-11(16)10-8-6-7(12)3-4-9(8)14-15-10/h2-4,6H,1,5H2,(H,13,16)(H,14,15). The molecular weight excluding hydrogens is 209 g/mol. The van der Waals surface area contributed by atoms with Crippen LogP contribution in [0.4, 0.5) is 4.39 Å². The highest BCUT2D eigenvalue weighted by molar-refractivity contribution is 6.04. The van der Waals surface area contributed by atoms with Crippen molar-refractivity contribution in [1.29, 1.82) is 0 Å². The van der Waals surface area contributed by atoms with Crippen molar-refractivity contribution < 1.29 is 9.18 Å². The Morgan fingerprint density at radius 2 is 2.44 bits per heavy atom. The monoisotopic (exact) mass is 219 g/mol. The Hall–Kier alpha value is -2.17. The fourth-order valence-corrected chi connectivity index (χ4v) is 1.41. The predicted molar refractivity (Wildman–Crippen MR) is 58.6 cm³/mol. The lowest BCUT2D eigenvalue weighted by atomic mass is 10.2. The maximum Gasteiger partial charge on any atom is 0.272 e. The highest BCUT2D eigenvalue weighted by Gasteiger charge is 2.13. The molecule has 0 aliphatic carbocycles. The van der Waals surface area contributed by atoms with Gasteiger partial charge in [-0.3, -0.25) is 9.89 Å². The summed E-state index contributed by atoms with van der Waals surface area (Å²) >= 11 is 0. The molecule has 0 saturated heterocycles. The summed E-state index contributed by atoms with van der Waals surface area (Å²) in [6.07, 6.45) is 1.56. The third-order valence-corrected chi connectivity index (χ3v) is 2.15. The summed E-state index contributed by atoms with van der Waals surface area (Å²) in [5, 5.41) is 9.58. The van der Waals surface area contributed by atoms with Gasteiger partial charge in [-0.2, -0.15) is 5.10 Å². The molecule has 2 rings (SSSR count). The Balaban J connectivity index is 2.40. The van der Waals surface area contributed by atoms with E-state index in [9.17, 15) is 9.18 Å². The Morgan fingerprint density at radius 3 is 3.19 bits per heavy atom. The van der Waals surface area contributed by atoms with Crippen LogP contribution in [0.5, 0.6) is 0 Å². The van der Waals surface area contributed by atoms with Crippen molar-refractivity contribution in [2.45, 2.75) is 0 Å². The molecule has 1 heterocycles. The van der Waals surface area contributed by atoms with E-state index in [1.54, 1.807) is 12.1 Å². The first-order valence-corrected chi connectivity index (χ1v) is 4.75. The number of hydrogen-bond donors (Lipinski definition) is 2. The zero-order valence-corrected chi connectivity index (χ0v) is 8.46. The molecule has 0 atom stereocenters. The fourth-order valence-electron chi connectivity index (χ4n) is 1.41. The molecule has 82 valence electrons. The van der Waals surface area contributed by atoms with Gasteiger partial charge in [0.15, 0.2) is 5.69 Å². The number of nitrogens with one attached hydrogen (secondary N) is 2. The molecule has 4 nitrogen and oxygen atoms in total. The lowest BCUT2D eigenvalue weighted by molar-refractivity contribution is 0.0954. The van der Waals surface area contributed by atoms with E-state index in [1.165, 1.54) is 12.1 Å². The van der Waals surface area contributed by atoms with Gasteiger partial charge < -0.3 is 5.32 Å². The molecule has 0 spiro atoms. The van der Waals surface area contributed by atoms with Gasteiger partial charge in [0.05, 0.1) is 5.52 Å². The minimum Gasteiger partial charge on any atom is -0.347 e. The van der Waals surface area contributed by atoms with Crippen molar-refractivity contribution in [3.63, 3.8) is 0 Å². The third-order valence-electron chi connectivity index (χ3n) is 2.15. The summed E-state index contributed by atoms with van der Waals surface area (Å²) in [6, 6.07) is 4.13. The second-order valence-corrected chi connectivity index (χ2v) is 3.26. The fraction of sp³-hybridized carbons (Fsp3) is 0.0909. The van der Waals surface area contributed by atoms with E-state index in [0.29, 0.717) is 17.4 Å². The number of benzene rings is 1. The molecular formula is C11H10FN3O. The van der Waals surface area contributed by atoms with E-state index in [-0.39, 0.29) is 11.6 Å². The highest BCUT2D eigenvalue weighted by atomic mass is 19.1. The summed E-state index contributed by atoms with van der Waals surface area (Å²) in [5.74, 6) is -0.747. The molecule has 0 aliphatic heterocycles. The molecule has 0 unspecified atom stereocenters. The molecule has 2 N–H and O–H groups in total. The van der Waals surface area contributed by atoms with Crippen molar-refractivity contribution in [1.82, 2.24) is 15.5 Å². The Bertz CT molecular complexity index is 547. The first kappa shape index (κ1) is 10.4. The molecule has 0 saturated carbocycles. The van der Waals surface area contributed by atoms with Crippen LogP contribution in [0.1, 0.15) is 10.5 Å². The van der Waals surface area contributed by atoms with E-state index in [0.717, 1.165) is 0 Å². The molecule has 1 aromatic carbocycles. The van der Waals surface area contributed by atoms with Crippen LogP contribution in [0.3, 0.4) is 0 Å². The first-order valence-electron chi connectivity index (χ1n) is 4.75. The number of fused-ring (bicyclic) bond motifs is 1. The molecule has 1 amide bonds. The average molecular weight is 219 g/mol. The lowest BCUT2D eigenvalue weighted by Gasteiger charge is -1.98. The van der Waals surface area contributed by atoms with Gasteiger partial charge in [0, 0.05) is 11.9 Å². The van der Waals surface area contributed by atoms with E-state index >= 15 is 0 Å². The Labute approximate surface area is 91.2 Å². The van der Waals surface area contributed by atoms with Crippen LogP contribution in [0.25, 0.3) is 10.9 Å². The van der Waals surface area contributed by atoms with Gasteiger partial charge in [-0.1, -0.05) is 6.08 Å². The van der Waals surface area contributed by atoms with Crippen LogP contribution in [0, 0.1) is 5.82 Å². The number of aromatic amines is 1. The van der Waals surface area contributed by atoms with Crippen LogP contribution in [-0.2, 0) is 0 Å². The van der Waals surface area contributed by atoms with Gasteiger partial charge in [-0.15, -0.1) is 6.58 Å². The number of H-pyrrole nitrogens is 1. The molecule has 1 aromatic heterocycles. The van der Waals surface area contributed by atoms with Crippen LogP contribution in [0.15, 0.2) is 30.9 Å². The minimum atomic E-state index is -0.397. The summed E-state index contributed by atoms with van der Waals surface area (Å²) in [7, 11) is 0. The van der Waals surface area contributed by atoms with Crippen LogP contribution in [0.2, 0.25) is 0 Å². The highest BCUT2D eigenvalue weighted by Crippen LogP contribution is 2.16. The topological polar surface area (TPSA) is 57.8 Å². The van der Waals surface area contributed by atoms with Gasteiger partial charge in [0.25, 0.3) is 5.91 Å². The lowest BCUT2D eigenvalue weighted by Crippen LogP contribution is -2.23. The zero-order valence-electron chi connectivity index (χ0n) is 8.46. The number of aromatic nitrogens is 2. The second kappa shape index (κ2) is 4.14. The largest absolute Gasteiger partial charge is 0.347 e. The van der Waals surface area contributed by atoms with Crippen LogP contribution >= 0.6 is 0 Å². The Kier molecular flexibility index (Phi) is 2.68. The first-order chi connectivity index (χ1) is 7.72. The number of carbonyl (C=O) groups excluding carboxylic acids is 1. The molecule has 0 fully saturated rings. The average Bonchev–Trinajstić information content (AvgIpc) is 2.68. The summed E-state index contributed by atoms with van der Waals surface area (Å²) in [5.41, 5.74) is 0.821. The molecule has 2 aromatic rings. The van der Waals surface area contributed by atoms with Crippen molar-refractivity contribution >= 4 is 16.8 Å². The van der Waals surface area contributed by atoms with E-state index in [2.05, 4.69) is 22.1 Å². The van der Waals surface area contributed by atoms with Gasteiger partial charge in [0.2, 0.25) is 0 Å².